The van der Waals surface area contributed by atoms with E-state index in [1.807, 2.05) is 32.9 Å². The molecular formula is C18H18Cl2N2O2. The highest BCUT2D eigenvalue weighted by Crippen LogP contribution is 2.29. The van der Waals surface area contributed by atoms with Gasteiger partial charge in [-0.2, -0.15) is 0 Å². The van der Waals surface area contributed by atoms with Gasteiger partial charge in [0.25, 0.3) is 0 Å². The SMILES string of the molecule is CC(C)(C)c1ccccc1NC(=O)C(=O)Nc1cc(Cl)ccc1Cl. The van der Waals surface area contributed by atoms with Crippen molar-refractivity contribution in [3.63, 3.8) is 0 Å². The molecule has 0 aromatic heterocycles. The van der Waals surface area contributed by atoms with Crippen LogP contribution in [0.4, 0.5) is 11.4 Å². The average Bonchev–Trinajstić information content (AvgIpc) is 2.50. The maximum Gasteiger partial charge on any atom is 0.314 e. The largest absolute Gasteiger partial charge is 0.318 e. The number of para-hydroxylation sites is 1. The molecule has 0 aliphatic carbocycles. The van der Waals surface area contributed by atoms with Crippen LogP contribution < -0.4 is 10.6 Å². The number of benzene rings is 2. The maximum absolute atomic E-state index is 12.2. The van der Waals surface area contributed by atoms with Gasteiger partial charge in [0.2, 0.25) is 0 Å². The standard InChI is InChI=1S/C18H18Cl2N2O2/c1-18(2,3)12-6-4-5-7-14(12)21-16(23)17(24)22-15-10-11(19)8-9-13(15)20/h4-10H,1-3H3,(H,21,23)(H,22,24). The zero-order valence-corrected chi connectivity index (χ0v) is 15.1. The van der Waals surface area contributed by atoms with Gasteiger partial charge in [0, 0.05) is 10.7 Å². The van der Waals surface area contributed by atoms with Crippen LogP contribution in [0.25, 0.3) is 0 Å². The summed E-state index contributed by atoms with van der Waals surface area (Å²) in [5, 5.41) is 5.82. The summed E-state index contributed by atoms with van der Waals surface area (Å²) in [6.07, 6.45) is 0. The van der Waals surface area contributed by atoms with Crippen LogP contribution in [-0.4, -0.2) is 11.8 Å². The van der Waals surface area contributed by atoms with Gasteiger partial charge in [-0.1, -0.05) is 62.2 Å². The Balaban J connectivity index is 2.16. The van der Waals surface area contributed by atoms with Crippen molar-refractivity contribution in [3.8, 4) is 0 Å². The quantitative estimate of drug-likeness (QED) is 0.746. The number of carbonyl (C=O) groups excluding carboxylic acids is 2. The molecule has 4 nitrogen and oxygen atoms in total. The smallest absolute Gasteiger partial charge is 0.314 e. The first-order chi connectivity index (χ1) is 11.2. The van der Waals surface area contributed by atoms with E-state index in [1.54, 1.807) is 24.3 Å². The Morgan fingerprint density at radius 3 is 2.08 bits per heavy atom. The minimum absolute atomic E-state index is 0.170. The fourth-order valence-electron chi connectivity index (χ4n) is 2.20. The zero-order valence-electron chi connectivity index (χ0n) is 13.6. The Morgan fingerprint density at radius 1 is 0.875 bits per heavy atom. The van der Waals surface area contributed by atoms with Gasteiger partial charge < -0.3 is 10.6 Å². The second kappa shape index (κ2) is 7.24. The average molecular weight is 365 g/mol. The predicted molar refractivity (Wildman–Crippen MR) is 98.9 cm³/mol. The number of carbonyl (C=O) groups is 2. The lowest BCUT2D eigenvalue weighted by atomic mass is 9.86. The fraction of sp³-hybridized carbons (Fsp3) is 0.222. The first-order valence-corrected chi connectivity index (χ1v) is 8.11. The van der Waals surface area contributed by atoms with Crippen LogP contribution in [-0.2, 0) is 15.0 Å². The number of amides is 2. The number of hydrogen-bond acceptors (Lipinski definition) is 2. The van der Waals surface area contributed by atoms with E-state index in [1.165, 1.54) is 6.07 Å². The zero-order chi connectivity index (χ0) is 17.9. The maximum atomic E-state index is 12.2. The first kappa shape index (κ1) is 18.3. The molecule has 6 heteroatoms. The van der Waals surface area contributed by atoms with Crippen molar-refractivity contribution in [2.24, 2.45) is 0 Å². The van der Waals surface area contributed by atoms with E-state index in [0.717, 1.165) is 5.56 Å². The van der Waals surface area contributed by atoms with Gasteiger partial charge in [-0.25, -0.2) is 0 Å². The number of anilines is 2. The van der Waals surface area contributed by atoms with Crippen molar-refractivity contribution < 1.29 is 9.59 Å². The fourth-order valence-corrected chi connectivity index (χ4v) is 2.53. The monoisotopic (exact) mass is 364 g/mol. The molecule has 0 saturated carbocycles. The van der Waals surface area contributed by atoms with E-state index in [-0.39, 0.29) is 11.1 Å². The van der Waals surface area contributed by atoms with Gasteiger partial charge in [0.1, 0.15) is 0 Å². The van der Waals surface area contributed by atoms with Gasteiger partial charge in [-0.05, 0) is 35.2 Å². The van der Waals surface area contributed by atoms with Crippen LogP contribution in [0.5, 0.6) is 0 Å². The molecule has 0 saturated heterocycles. The van der Waals surface area contributed by atoms with Crippen molar-refractivity contribution >= 4 is 46.4 Å². The van der Waals surface area contributed by atoms with Gasteiger partial charge in [-0.15, -0.1) is 0 Å². The summed E-state index contributed by atoms with van der Waals surface area (Å²) >= 11 is 11.9. The van der Waals surface area contributed by atoms with Crippen LogP contribution in [0, 0.1) is 0 Å². The summed E-state index contributed by atoms with van der Waals surface area (Å²) < 4.78 is 0. The molecule has 0 unspecified atom stereocenters. The molecular weight excluding hydrogens is 347 g/mol. The second-order valence-corrected chi connectivity index (χ2v) is 7.17. The molecule has 0 aliphatic rings. The summed E-state index contributed by atoms with van der Waals surface area (Å²) in [5.74, 6) is -1.59. The molecule has 0 bridgehead atoms. The Bertz CT molecular complexity index is 783. The Labute approximate surface area is 151 Å². The Hall–Kier alpha value is -2.04. The first-order valence-electron chi connectivity index (χ1n) is 7.35. The summed E-state index contributed by atoms with van der Waals surface area (Å²) in [7, 11) is 0. The summed E-state index contributed by atoms with van der Waals surface area (Å²) in [4.78, 5) is 24.3. The van der Waals surface area contributed by atoms with Crippen LogP contribution in [0.15, 0.2) is 42.5 Å². The van der Waals surface area contributed by atoms with E-state index in [0.29, 0.717) is 15.7 Å². The predicted octanol–water partition coefficient (Wildman–Crippen LogP) is 4.87. The van der Waals surface area contributed by atoms with Gasteiger partial charge in [0.15, 0.2) is 0 Å². The topological polar surface area (TPSA) is 58.2 Å². The molecule has 2 aromatic carbocycles. The van der Waals surface area contributed by atoms with Crippen LogP contribution in [0.2, 0.25) is 10.0 Å². The summed E-state index contributed by atoms with van der Waals surface area (Å²) in [5.41, 5.74) is 1.65. The van der Waals surface area contributed by atoms with E-state index in [9.17, 15) is 9.59 Å². The molecule has 0 radical (unpaired) electrons. The number of halogens is 2. The minimum Gasteiger partial charge on any atom is -0.318 e. The highest BCUT2D eigenvalue weighted by Gasteiger charge is 2.21. The lowest BCUT2D eigenvalue weighted by molar-refractivity contribution is -0.133. The third-order valence-electron chi connectivity index (χ3n) is 3.37. The highest BCUT2D eigenvalue weighted by atomic mass is 35.5. The minimum atomic E-state index is -0.817. The molecule has 0 heterocycles. The number of rotatable bonds is 2. The van der Waals surface area contributed by atoms with E-state index < -0.39 is 11.8 Å². The molecule has 2 amide bonds. The molecule has 126 valence electrons. The van der Waals surface area contributed by atoms with Crippen molar-refractivity contribution in [1.82, 2.24) is 0 Å². The van der Waals surface area contributed by atoms with E-state index in [4.69, 9.17) is 23.2 Å². The van der Waals surface area contributed by atoms with E-state index in [2.05, 4.69) is 10.6 Å². The number of hydrogen-bond donors (Lipinski definition) is 2. The van der Waals surface area contributed by atoms with Crippen molar-refractivity contribution in [2.75, 3.05) is 10.6 Å². The molecule has 2 N–H and O–H groups in total. The van der Waals surface area contributed by atoms with Gasteiger partial charge in [0.05, 0.1) is 10.7 Å². The third-order valence-corrected chi connectivity index (χ3v) is 3.93. The van der Waals surface area contributed by atoms with Crippen molar-refractivity contribution in [3.05, 3.63) is 58.1 Å². The lowest BCUT2D eigenvalue weighted by Crippen LogP contribution is -2.30. The molecule has 2 rings (SSSR count). The lowest BCUT2D eigenvalue weighted by Gasteiger charge is -2.22. The summed E-state index contributed by atoms with van der Waals surface area (Å²) in [6.45, 7) is 6.09. The molecule has 0 fully saturated rings. The summed E-state index contributed by atoms with van der Waals surface area (Å²) in [6, 6.07) is 12.0. The van der Waals surface area contributed by atoms with E-state index >= 15 is 0 Å². The van der Waals surface area contributed by atoms with Crippen LogP contribution in [0.3, 0.4) is 0 Å². The van der Waals surface area contributed by atoms with Crippen molar-refractivity contribution in [1.29, 1.82) is 0 Å². The third kappa shape index (κ3) is 4.49. The molecule has 0 atom stereocenters. The Morgan fingerprint density at radius 2 is 1.46 bits per heavy atom. The molecule has 24 heavy (non-hydrogen) atoms. The molecule has 0 spiro atoms. The van der Waals surface area contributed by atoms with Crippen molar-refractivity contribution in [2.45, 2.75) is 26.2 Å². The number of nitrogens with one attached hydrogen (secondary N) is 2. The molecule has 2 aromatic rings. The Kier molecular flexibility index (Phi) is 5.52. The highest BCUT2D eigenvalue weighted by molar-refractivity contribution is 6.45. The normalized spacial score (nSPS) is 11.0. The molecule has 0 aliphatic heterocycles. The van der Waals surface area contributed by atoms with Gasteiger partial charge >= 0.3 is 11.8 Å². The van der Waals surface area contributed by atoms with Gasteiger partial charge in [-0.3, -0.25) is 9.59 Å². The second-order valence-electron chi connectivity index (χ2n) is 6.33. The van der Waals surface area contributed by atoms with Crippen LogP contribution >= 0.6 is 23.2 Å². The van der Waals surface area contributed by atoms with Crippen LogP contribution in [0.1, 0.15) is 26.3 Å².